The molecule has 0 aliphatic heterocycles. The van der Waals surface area contributed by atoms with E-state index >= 15 is 0 Å². The number of fused-ring (bicyclic) bond motifs is 2. The predicted molar refractivity (Wildman–Crippen MR) is 110 cm³/mol. The van der Waals surface area contributed by atoms with Crippen molar-refractivity contribution in [3.63, 3.8) is 0 Å². The van der Waals surface area contributed by atoms with Crippen molar-refractivity contribution in [3.05, 3.63) is 94.5 Å². The second-order valence-corrected chi connectivity index (χ2v) is 7.08. The van der Waals surface area contributed by atoms with Crippen LogP contribution in [0.4, 0.5) is 5.69 Å². The molecule has 1 amide bonds. The summed E-state index contributed by atoms with van der Waals surface area (Å²) in [6.45, 7) is 3.85. The quantitative estimate of drug-likeness (QED) is 0.561. The molecule has 0 heterocycles. The molecule has 0 saturated carbocycles. The number of rotatable bonds is 4. The summed E-state index contributed by atoms with van der Waals surface area (Å²) in [5.74, 6) is -0.187. The molecular formula is C24H19NO4. The zero-order valence-corrected chi connectivity index (χ0v) is 16.1. The zero-order valence-electron chi connectivity index (χ0n) is 16.1. The lowest BCUT2D eigenvalue weighted by atomic mass is 9.83. The van der Waals surface area contributed by atoms with Crippen LogP contribution in [0, 0.1) is 0 Å². The van der Waals surface area contributed by atoms with Crippen molar-refractivity contribution in [3.8, 4) is 5.75 Å². The van der Waals surface area contributed by atoms with E-state index < -0.39 is 0 Å². The minimum Gasteiger partial charge on any atom is -0.491 e. The Labute approximate surface area is 168 Å². The Bertz CT molecular complexity index is 1130. The van der Waals surface area contributed by atoms with Gasteiger partial charge in [0.15, 0.2) is 11.6 Å². The van der Waals surface area contributed by atoms with Crippen LogP contribution in [0.5, 0.6) is 5.75 Å². The minimum atomic E-state index is -0.367. The van der Waals surface area contributed by atoms with Crippen LogP contribution in [0.25, 0.3) is 0 Å². The SMILES string of the molecule is CC(C)Oc1ccc(C(=O)Nc2cccc3c2C(=O)c2ccccc2C3=O)cc1. The average Bonchev–Trinajstić information content (AvgIpc) is 2.72. The van der Waals surface area contributed by atoms with Crippen molar-refractivity contribution in [2.24, 2.45) is 0 Å². The highest BCUT2D eigenvalue weighted by Crippen LogP contribution is 2.32. The molecule has 0 unspecified atom stereocenters. The van der Waals surface area contributed by atoms with Crippen LogP contribution in [0.3, 0.4) is 0 Å². The van der Waals surface area contributed by atoms with Crippen molar-refractivity contribution in [1.82, 2.24) is 0 Å². The Morgan fingerprint density at radius 2 is 1.41 bits per heavy atom. The lowest BCUT2D eigenvalue weighted by molar-refractivity contribution is 0.0978. The third-order valence-electron chi connectivity index (χ3n) is 4.69. The smallest absolute Gasteiger partial charge is 0.255 e. The molecular weight excluding hydrogens is 366 g/mol. The molecule has 0 fully saturated rings. The molecule has 0 aromatic heterocycles. The van der Waals surface area contributed by atoms with E-state index in [2.05, 4.69) is 5.32 Å². The van der Waals surface area contributed by atoms with Crippen molar-refractivity contribution in [2.45, 2.75) is 20.0 Å². The number of carbonyl (C=O) groups excluding carboxylic acids is 3. The van der Waals surface area contributed by atoms with E-state index in [0.717, 1.165) is 0 Å². The molecule has 1 aliphatic carbocycles. The van der Waals surface area contributed by atoms with Gasteiger partial charge < -0.3 is 10.1 Å². The summed E-state index contributed by atoms with van der Waals surface area (Å²) in [5.41, 5.74) is 2.00. The summed E-state index contributed by atoms with van der Waals surface area (Å²) in [7, 11) is 0. The Morgan fingerprint density at radius 1 is 0.793 bits per heavy atom. The molecule has 29 heavy (non-hydrogen) atoms. The van der Waals surface area contributed by atoms with Crippen LogP contribution < -0.4 is 10.1 Å². The number of hydrogen-bond donors (Lipinski definition) is 1. The van der Waals surface area contributed by atoms with Gasteiger partial charge in [-0.2, -0.15) is 0 Å². The first kappa shape index (κ1) is 18.6. The molecule has 0 spiro atoms. The predicted octanol–water partition coefficient (Wildman–Crippen LogP) is 4.50. The first-order chi connectivity index (χ1) is 14.0. The molecule has 0 radical (unpaired) electrons. The van der Waals surface area contributed by atoms with Gasteiger partial charge in [-0.25, -0.2) is 0 Å². The molecule has 0 saturated heterocycles. The highest BCUT2D eigenvalue weighted by molar-refractivity contribution is 6.30. The van der Waals surface area contributed by atoms with E-state index in [1.54, 1.807) is 66.7 Å². The van der Waals surface area contributed by atoms with Crippen molar-refractivity contribution < 1.29 is 19.1 Å². The number of ketones is 2. The maximum Gasteiger partial charge on any atom is 0.255 e. The summed E-state index contributed by atoms with van der Waals surface area (Å²) in [4.78, 5) is 38.5. The van der Waals surface area contributed by atoms with Crippen LogP contribution in [-0.4, -0.2) is 23.6 Å². The fourth-order valence-electron chi connectivity index (χ4n) is 3.40. The molecule has 144 valence electrons. The van der Waals surface area contributed by atoms with Crippen molar-refractivity contribution >= 4 is 23.2 Å². The largest absolute Gasteiger partial charge is 0.491 e. The summed E-state index contributed by atoms with van der Waals surface area (Å²) in [6.07, 6.45) is 0.0388. The molecule has 0 bridgehead atoms. The van der Waals surface area contributed by atoms with Gasteiger partial charge in [0, 0.05) is 22.3 Å². The normalized spacial score (nSPS) is 12.4. The van der Waals surface area contributed by atoms with Gasteiger partial charge in [0.2, 0.25) is 0 Å². The molecule has 3 aromatic carbocycles. The molecule has 1 N–H and O–H groups in total. The highest BCUT2D eigenvalue weighted by Gasteiger charge is 2.31. The highest BCUT2D eigenvalue weighted by atomic mass is 16.5. The van der Waals surface area contributed by atoms with E-state index in [0.29, 0.717) is 33.7 Å². The number of hydrogen-bond acceptors (Lipinski definition) is 4. The summed E-state index contributed by atoms with van der Waals surface area (Å²) < 4.78 is 5.59. The van der Waals surface area contributed by atoms with E-state index in [4.69, 9.17) is 4.74 Å². The van der Waals surface area contributed by atoms with Crippen LogP contribution >= 0.6 is 0 Å². The number of nitrogens with one attached hydrogen (secondary N) is 1. The van der Waals surface area contributed by atoms with Gasteiger partial charge in [-0.3, -0.25) is 14.4 Å². The molecule has 5 nitrogen and oxygen atoms in total. The van der Waals surface area contributed by atoms with E-state index in [-0.39, 0.29) is 29.1 Å². The fraction of sp³-hybridized carbons (Fsp3) is 0.125. The van der Waals surface area contributed by atoms with Gasteiger partial charge in [-0.15, -0.1) is 0 Å². The third kappa shape index (κ3) is 3.43. The lowest BCUT2D eigenvalue weighted by Gasteiger charge is -2.20. The Balaban J connectivity index is 1.65. The number of amides is 1. The molecule has 3 aromatic rings. The number of anilines is 1. The molecule has 4 rings (SSSR count). The Kier molecular flexibility index (Phi) is 4.72. The van der Waals surface area contributed by atoms with Gasteiger partial charge in [-0.1, -0.05) is 36.4 Å². The maximum atomic E-state index is 13.0. The first-order valence-corrected chi connectivity index (χ1v) is 9.35. The maximum absolute atomic E-state index is 13.0. The average molecular weight is 385 g/mol. The molecule has 1 aliphatic rings. The van der Waals surface area contributed by atoms with Crippen LogP contribution in [0.1, 0.15) is 56.0 Å². The Morgan fingerprint density at radius 3 is 2.07 bits per heavy atom. The van der Waals surface area contributed by atoms with Crippen LogP contribution in [0.15, 0.2) is 66.7 Å². The van der Waals surface area contributed by atoms with Gasteiger partial charge in [0.1, 0.15) is 5.75 Å². The van der Waals surface area contributed by atoms with Crippen molar-refractivity contribution in [2.75, 3.05) is 5.32 Å². The number of benzene rings is 3. The van der Waals surface area contributed by atoms with E-state index in [1.165, 1.54) is 0 Å². The number of ether oxygens (including phenoxy) is 1. The second-order valence-electron chi connectivity index (χ2n) is 7.08. The Hall–Kier alpha value is -3.73. The second kappa shape index (κ2) is 7.36. The van der Waals surface area contributed by atoms with E-state index in [9.17, 15) is 14.4 Å². The van der Waals surface area contributed by atoms with Crippen LogP contribution in [0.2, 0.25) is 0 Å². The molecule has 0 atom stereocenters. The zero-order chi connectivity index (χ0) is 20.5. The van der Waals surface area contributed by atoms with Gasteiger partial charge in [0.05, 0.1) is 17.4 Å². The van der Waals surface area contributed by atoms with Gasteiger partial charge >= 0.3 is 0 Å². The third-order valence-corrected chi connectivity index (χ3v) is 4.69. The number of carbonyl (C=O) groups is 3. The fourth-order valence-corrected chi connectivity index (χ4v) is 3.40. The summed E-state index contributed by atoms with van der Waals surface area (Å²) in [6, 6.07) is 18.4. The summed E-state index contributed by atoms with van der Waals surface area (Å²) >= 11 is 0. The topological polar surface area (TPSA) is 72.5 Å². The van der Waals surface area contributed by atoms with Gasteiger partial charge in [0.25, 0.3) is 5.91 Å². The van der Waals surface area contributed by atoms with Gasteiger partial charge in [-0.05, 0) is 44.2 Å². The standard InChI is InChI=1S/C24H19NO4/c1-14(2)29-16-12-10-15(11-13-16)24(28)25-20-9-5-8-19-21(20)23(27)18-7-4-3-6-17(18)22(19)26/h3-14H,1-2H3,(H,25,28). The lowest BCUT2D eigenvalue weighted by Crippen LogP contribution is -2.23. The monoisotopic (exact) mass is 385 g/mol. The summed E-state index contributed by atoms with van der Waals surface area (Å²) in [5, 5.41) is 2.78. The van der Waals surface area contributed by atoms with Crippen LogP contribution in [-0.2, 0) is 0 Å². The molecule has 5 heteroatoms. The first-order valence-electron chi connectivity index (χ1n) is 9.35. The van der Waals surface area contributed by atoms with E-state index in [1.807, 2.05) is 13.8 Å². The van der Waals surface area contributed by atoms with Crippen molar-refractivity contribution in [1.29, 1.82) is 0 Å². The minimum absolute atomic E-state index is 0.0388.